The number of thioether (sulfide) groups is 1. The number of benzene rings is 1. The molecule has 0 bridgehead atoms. The molecule has 1 aromatic carbocycles. The van der Waals surface area contributed by atoms with E-state index in [-0.39, 0.29) is 0 Å². The van der Waals surface area contributed by atoms with Crippen LogP contribution in [-0.2, 0) is 0 Å². The monoisotopic (exact) mass is 318 g/mol. The van der Waals surface area contributed by atoms with Gasteiger partial charge in [-0.2, -0.15) is 4.58 Å². The van der Waals surface area contributed by atoms with Gasteiger partial charge in [0.25, 0.3) is 0 Å². The van der Waals surface area contributed by atoms with Gasteiger partial charge in [0, 0.05) is 38.9 Å². The predicted octanol–water partition coefficient (Wildman–Crippen LogP) is 4.81. The van der Waals surface area contributed by atoms with Gasteiger partial charge in [-0.25, -0.2) is 0 Å². The number of hydrogen-bond acceptors (Lipinski definition) is 1. The predicted molar refractivity (Wildman–Crippen MR) is 95.2 cm³/mol. The number of hydrogen-bond donors (Lipinski definition) is 0. The zero-order valence-electron chi connectivity index (χ0n) is 13.2. The van der Waals surface area contributed by atoms with E-state index in [1.807, 2.05) is 0 Å². The van der Waals surface area contributed by atoms with Gasteiger partial charge in [0.15, 0.2) is 12.3 Å². The average Bonchev–Trinajstić information content (AvgIpc) is 3.22. The molecule has 6 rings (SSSR count). The Hall–Kier alpha value is -1.54. The standard InChI is InChI=1S/C21H20NS/c1-3-7-18-13(5-1)9-19-16-11-17-15-6-2-4-8-20(15)23-21(17)10-14(16)12-22(18)19/h2-4,6-8,17,21H,1,5,9-12H2/q+1. The molecule has 1 nitrogen and oxygen atoms in total. The first-order chi connectivity index (χ1) is 11.4. The highest BCUT2D eigenvalue weighted by molar-refractivity contribution is 8.00. The molecule has 0 saturated carbocycles. The van der Waals surface area contributed by atoms with Gasteiger partial charge in [-0.3, -0.25) is 0 Å². The summed E-state index contributed by atoms with van der Waals surface area (Å²) in [6.07, 6.45) is 11.1. The van der Waals surface area contributed by atoms with Crippen LogP contribution in [0.1, 0.15) is 43.6 Å². The highest BCUT2D eigenvalue weighted by Gasteiger charge is 2.47. The Morgan fingerprint density at radius 1 is 1.09 bits per heavy atom. The quantitative estimate of drug-likeness (QED) is 0.620. The minimum atomic E-state index is 0.746. The number of fused-ring (bicyclic) bond motifs is 5. The van der Waals surface area contributed by atoms with Crippen LogP contribution in [-0.4, -0.2) is 22.1 Å². The molecule has 23 heavy (non-hydrogen) atoms. The Labute approximate surface area is 141 Å². The number of allylic oxidation sites excluding steroid dienone is 4. The van der Waals surface area contributed by atoms with Crippen molar-refractivity contribution in [3.8, 4) is 0 Å². The van der Waals surface area contributed by atoms with Gasteiger partial charge in [-0.1, -0.05) is 24.3 Å². The molecule has 5 aliphatic rings. The lowest BCUT2D eigenvalue weighted by atomic mass is 9.78. The Kier molecular flexibility index (Phi) is 2.51. The van der Waals surface area contributed by atoms with Crippen molar-refractivity contribution in [3.05, 3.63) is 64.4 Å². The molecule has 2 unspecified atom stereocenters. The van der Waals surface area contributed by atoms with E-state index in [0.29, 0.717) is 0 Å². The Bertz CT molecular complexity index is 868. The zero-order chi connectivity index (χ0) is 15.0. The molecule has 114 valence electrons. The summed E-state index contributed by atoms with van der Waals surface area (Å²) in [5.74, 6) is 0.746. The Morgan fingerprint density at radius 3 is 3.04 bits per heavy atom. The molecule has 3 heterocycles. The first kappa shape index (κ1) is 12.8. The summed E-state index contributed by atoms with van der Waals surface area (Å²) < 4.78 is 2.65. The van der Waals surface area contributed by atoms with Gasteiger partial charge in [0.05, 0.1) is 6.42 Å². The molecule has 0 amide bonds. The summed E-state index contributed by atoms with van der Waals surface area (Å²) in [5.41, 5.74) is 9.97. The summed E-state index contributed by atoms with van der Waals surface area (Å²) in [4.78, 5) is 1.54. The van der Waals surface area contributed by atoms with Crippen LogP contribution in [0.25, 0.3) is 0 Å². The lowest BCUT2D eigenvalue weighted by molar-refractivity contribution is -0.456. The third-order valence-electron chi connectivity index (χ3n) is 6.29. The van der Waals surface area contributed by atoms with Crippen LogP contribution in [0.5, 0.6) is 0 Å². The highest BCUT2D eigenvalue weighted by atomic mass is 32.2. The van der Waals surface area contributed by atoms with Gasteiger partial charge in [0.1, 0.15) is 0 Å². The third-order valence-corrected chi connectivity index (χ3v) is 7.71. The molecule has 3 aliphatic heterocycles. The number of rotatable bonds is 0. The molecular formula is C21H20NS+. The van der Waals surface area contributed by atoms with Crippen LogP contribution in [0.2, 0.25) is 0 Å². The maximum Gasteiger partial charge on any atom is 0.205 e. The minimum Gasteiger partial charge on any atom is -0.191 e. The van der Waals surface area contributed by atoms with Crippen molar-refractivity contribution in [2.45, 2.75) is 48.2 Å². The maximum atomic E-state index is 2.65. The van der Waals surface area contributed by atoms with E-state index in [9.17, 15) is 0 Å². The second-order valence-corrected chi connectivity index (χ2v) is 8.71. The van der Waals surface area contributed by atoms with Crippen LogP contribution in [0.15, 0.2) is 63.7 Å². The van der Waals surface area contributed by atoms with Crippen molar-refractivity contribution in [1.29, 1.82) is 0 Å². The molecule has 0 N–H and O–H groups in total. The van der Waals surface area contributed by atoms with Crippen LogP contribution in [0, 0.1) is 0 Å². The van der Waals surface area contributed by atoms with E-state index in [4.69, 9.17) is 0 Å². The van der Waals surface area contributed by atoms with Crippen LogP contribution in [0.4, 0.5) is 0 Å². The SMILES string of the molecule is C1=CC2=C(CC1)CC1=[N+]2CC2=C1CC1c3ccccc3SC1C2. The van der Waals surface area contributed by atoms with Crippen LogP contribution < -0.4 is 0 Å². The topological polar surface area (TPSA) is 3.01 Å². The largest absolute Gasteiger partial charge is 0.205 e. The second kappa shape index (κ2) is 4.51. The fourth-order valence-corrected chi connectivity index (χ4v) is 6.75. The molecule has 2 aliphatic carbocycles. The van der Waals surface area contributed by atoms with Crippen molar-refractivity contribution in [2.75, 3.05) is 6.54 Å². The van der Waals surface area contributed by atoms with Gasteiger partial charge < -0.3 is 0 Å². The van der Waals surface area contributed by atoms with Gasteiger partial charge in [-0.15, -0.1) is 11.8 Å². The molecule has 1 aromatic rings. The van der Waals surface area contributed by atoms with Gasteiger partial charge in [-0.05, 0) is 37.3 Å². The van der Waals surface area contributed by atoms with E-state index in [0.717, 1.165) is 11.2 Å². The Balaban J connectivity index is 1.37. The fourth-order valence-electron chi connectivity index (χ4n) is 5.22. The minimum absolute atomic E-state index is 0.746. The average molecular weight is 318 g/mol. The van der Waals surface area contributed by atoms with E-state index < -0.39 is 0 Å². The van der Waals surface area contributed by atoms with Crippen molar-refractivity contribution >= 4 is 17.5 Å². The smallest absolute Gasteiger partial charge is 0.191 e. The molecule has 2 atom stereocenters. The van der Waals surface area contributed by atoms with Crippen molar-refractivity contribution < 1.29 is 4.58 Å². The van der Waals surface area contributed by atoms with Crippen molar-refractivity contribution in [1.82, 2.24) is 0 Å². The summed E-state index contributed by atoms with van der Waals surface area (Å²) in [6.45, 7) is 1.17. The molecule has 0 aromatic heterocycles. The molecule has 0 saturated heterocycles. The molecule has 0 radical (unpaired) electrons. The third kappa shape index (κ3) is 1.68. The van der Waals surface area contributed by atoms with Gasteiger partial charge in [0.2, 0.25) is 5.70 Å². The first-order valence-electron chi connectivity index (χ1n) is 8.87. The molecule has 0 spiro atoms. The highest BCUT2D eigenvalue weighted by Crippen LogP contribution is 2.54. The zero-order valence-corrected chi connectivity index (χ0v) is 14.0. The summed E-state index contributed by atoms with van der Waals surface area (Å²) in [7, 11) is 0. The van der Waals surface area contributed by atoms with Crippen LogP contribution >= 0.6 is 11.8 Å². The maximum absolute atomic E-state index is 2.65. The number of nitrogens with zero attached hydrogens (tertiary/aromatic N) is 1. The van der Waals surface area contributed by atoms with Crippen LogP contribution in [0.3, 0.4) is 0 Å². The lowest BCUT2D eigenvalue weighted by Gasteiger charge is -2.25. The fraction of sp³-hybridized carbons (Fsp3) is 0.381. The molecule has 0 fully saturated rings. The van der Waals surface area contributed by atoms with E-state index in [2.05, 4.69) is 52.8 Å². The molecule has 2 heteroatoms. The van der Waals surface area contributed by atoms with Gasteiger partial charge >= 0.3 is 0 Å². The van der Waals surface area contributed by atoms with E-state index in [1.54, 1.807) is 33.7 Å². The van der Waals surface area contributed by atoms with Crippen molar-refractivity contribution in [2.24, 2.45) is 0 Å². The second-order valence-electron chi connectivity index (χ2n) is 7.43. The summed E-state index contributed by atoms with van der Waals surface area (Å²) in [6, 6.07) is 9.11. The lowest BCUT2D eigenvalue weighted by Crippen LogP contribution is -2.20. The summed E-state index contributed by atoms with van der Waals surface area (Å²) in [5, 5.41) is 0.780. The molecular weight excluding hydrogens is 298 g/mol. The first-order valence-corrected chi connectivity index (χ1v) is 9.75. The Morgan fingerprint density at radius 2 is 2.04 bits per heavy atom. The van der Waals surface area contributed by atoms with E-state index >= 15 is 0 Å². The summed E-state index contributed by atoms with van der Waals surface area (Å²) >= 11 is 2.13. The van der Waals surface area contributed by atoms with Crippen molar-refractivity contribution in [3.63, 3.8) is 0 Å². The normalized spacial score (nSPS) is 30.4. The van der Waals surface area contributed by atoms with E-state index in [1.165, 1.54) is 43.5 Å².